The molecule has 2 amide bonds. The standard InChI is InChI=1S/C15H15FN4O2/c16-11-3-1-10(2-4-11)8-20-9-12(7-14(20)21)18-15(22)13-5-6-17-19-13/h1-6,12H,7-9H2,(H,17,19)(H,18,22)/t12-/m1/s1. The van der Waals surface area contributed by atoms with Gasteiger partial charge in [0.1, 0.15) is 11.5 Å². The Morgan fingerprint density at radius 3 is 2.82 bits per heavy atom. The minimum absolute atomic E-state index is 0.0285. The van der Waals surface area contributed by atoms with Crippen LogP contribution in [0.4, 0.5) is 4.39 Å². The summed E-state index contributed by atoms with van der Waals surface area (Å²) in [5.41, 5.74) is 1.22. The molecule has 1 aliphatic rings. The van der Waals surface area contributed by atoms with Crippen molar-refractivity contribution in [1.82, 2.24) is 20.4 Å². The Labute approximate surface area is 126 Å². The van der Waals surface area contributed by atoms with Gasteiger partial charge >= 0.3 is 0 Å². The van der Waals surface area contributed by atoms with Gasteiger partial charge < -0.3 is 10.2 Å². The van der Waals surface area contributed by atoms with E-state index >= 15 is 0 Å². The molecule has 0 aliphatic carbocycles. The molecular weight excluding hydrogens is 287 g/mol. The van der Waals surface area contributed by atoms with Crippen molar-refractivity contribution >= 4 is 11.8 Å². The molecule has 22 heavy (non-hydrogen) atoms. The highest BCUT2D eigenvalue weighted by atomic mass is 19.1. The zero-order valence-electron chi connectivity index (χ0n) is 11.8. The van der Waals surface area contributed by atoms with Crippen molar-refractivity contribution in [3.8, 4) is 0 Å². The molecular formula is C15H15FN4O2. The second-order valence-electron chi connectivity index (χ2n) is 5.25. The van der Waals surface area contributed by atoms with Crippen LogP contribution in [0, 0.1) is 5.82 Å². The van der Waals surface area contributed by atoms with Crippen LogP contribution in [0.25, 0.3) is 0 Å². The van der Waals surface area contributed by atoms with Crippen LogP contribution in [-0.4, -0.2) is 39.5 Å². The maximum atomic E-state index is 12.9. The molecule has 1 aliphatic heterocycles. The first kappa shape index (κ1) is 14.2. The molecule has 0 radical (unpaired) electrons. The van der Waals surface area contributed by atoms with Gasteiger partial charge in [0, 0.05) is 25.7 Å². The molecule has 0 unspecified atom stereocenters. The van der Waals surface area contributed by atoms with Gasteiger partial charge in [-0.3, -0.25) is 14.7 Å². The van der Waals surface area contributed by atoms with Crippen molar-refractivity contribution < 1.29 is 14.0 Å². The molecule has 0 saturated carbocycles. The molecule has 2 heterocycles. The second-order valence-corrected chi connectivity index (χ2v) is 5.25. The topological polar surface area (TPSA) is 78.1 Å². The predicted octanol–water partition coefficient (Wildman–Crippen LogP) is 1.08. The monoisotopic (exact) mass is 302 g/mol. The number of nitrogens with one attached hydrogen (secondary N) is 2. The zero-order chi connectivity index (χ0) is 15.5. The number of rotatable bonds is 4. The van der Waals surface area contributed by atoms with Crippen molar-refractivity contribution in [2.45, 2.75) is 19.0 Å². The number of aromatic nitrogens is 2. The molecule has 3 rings (SSSR count). The van der Waals surface area contributed by atoms with E-state index < -0.39 is 0 Å². The third-order valence-corrected chi connectivity index (χ3v) is 3.58. The molecule has 0 bridgehead atoms. The first-order valence-corrected chi connectivity index (χ1v) is 6.94. The molecule has 0 spiro atoms. The average molecular weight is 302 g/mol. The quantitative estimate of drug-likeness (QED) is 0.887. The SMILES string of the molecule is O=C(N[C@@H]1CC(=O)N(Cc2ccc(F)cc2)C1)c1ccn[nH]1. The lowest BCUT2D eigenvalue weighted by atomic mass is 10.2. The fourth-order valence-electron chi connectivity index (χ4n) is 2.48. The summed E-state index contributed by atoms with van der Waals surface area (Å²) in [7, 11) is 0. The Balaban J connectivity index is 1.58. The highest BCUT2D eigenvalue weighted by Gasteiger charge is 2.30. The summed E-state index contributed by atoms with van der Waals surface area (Å²) >= 11 is 0. The first-order valence-electron chi connectivity index (χ1n) is 6.94. The van der Waals surface area contributed by atoms with Crippen molar-refractivity contribution in [3.63, 3.8) is 0 Å². The molecule has 1 aromatic carbocycles. The van der Waals surface area contributed by atoms with Crippen LogP contribution < -0.4 is 5.32 Å². The van der Waals surface area contributed by atoms with E-state index in [1.165, 1.54) is 18.3 Å². The molecule has 1 saturated heterocycles. The van der Waals surface area contributed by atoms with Crippen LogP contribution in [-0.2, 0) is 11.3 Å². The summed E-state index contributed by atoms with van der Waals surface area (Å²) in [6.45, 7) is 0.853. The van der Waals surface area contributed by atoms with E-state index in [0.717, 1.165) is 5.56 Å². The lowest BCUT2D eigenvalue weighted by molar-refractivity contribution is -0.128. The highest BCUT2D eigenvalue weighted by Crippen LogP contribution is 2.16. The van der Waals surface area contributed by atoms with E-state index in [-0.39, 0.29) is 30.1 Å². The highest BCUT2D eigenvalue weighted by molar-refractivity contribution is 5.93. The number of benzene rings is 1. The second kappa shape index (κ2) is 5.97. The van der Waals surface area contributed by atoms with Gasteiger partial charge in [-0.2, -0.15) is 5.10 Å². The van der Waals surface area contributed by atoms with Crippen molar-refractivity contribution in [2.75, 3.05) is 6.54 Å². The number of carbonyl (C=O) groups excluding carboxylic acids is 2. The number of hydrogen-bond donors (Lipinski definition) is 2. The van der Waals surface area contributed by atoms with E-state index in [4.69, 9.17) is 0 Å². The number of hydrogen-bond acceptors (Lipinski definition) is 3. The molecule has 7 heteroatoms. The van der Waals surface area contributed by atoms with Gasteiger partial charge in [0.2, 0.25) is 5.91 Å². The van der Waals surface area contributed by atoms with Crippen molar-refractivity contribution in [2.24, 2.45) is 0 Å². The minimum Gasteiger partial charge on any atom is -0.346 e. The summed E-state index contributed by atoms with van der Waals surface area (Å²) in [5, 5.41) is 9.10. The molecule has 1 fully saturated rings. The van der Waals surface area contributed by atoms with Crippen molar-refractivity contribution in [1.29, 1.82) is 0 Å². The van der Waals surface area contributed by atoms with Gasteiger partial charge in [0.05, 0.1) is 6.04 Å². The number of H-pyrrole nitrogens is 1. The molecule has 2 N–H and O–H groups in total. The lowest BCUT2D eigenvalue weighted by Gasteiger charge is -2.17. The van der Waals surface area contributed by atoms with Gasteiger partial charge in [0.25, 0.3) is 5.91 Å². The van der Waals surface area contributed by atoms with Crippen LogP contribution in [0.3, 0.4) is 0 Å². The van der Waals surface area contributed by atoms with Crippen molar-refractivity contribution in [3.05, 3.63) is 53.6 Å². The Morgan fingerprint density at radius 2 is 2.14 bits per heavy atom. The average Bonchev–Trinajstić information content (AvgIpc) is 3.12. The summed E-state index contributed by atoms with van der Waals surface area (Å²) in [6.07, 6.45) is 1.76. The Hall–Kier alpha value is -2.70. The third kappa shape index (κ3) is 3.13. The normalized spacial score (nSPS) is 17.8. The van der Waals surface area contributed by atoms with E-state index in [0.29, 0.717) is 18.8 Å². The van der Waals surface area contributed by atoms with Gasteiger partial charge in [-0.05, 0) is 23.8 Å². The number of nitrogens with zero attached hydrogens (tertiary/aromatic N) is 2. The number of likely N-dealkylation sites (tertiary alicyclic amines) is 1. The van der Waals surface area contributed by atoms with Crippen LogP contribution in [0.2, 0.25) is 0 Å². The number of carbonyl (C=O) groups is 2. The Morgan fingerprint density at radius 1 is 1.36 bits per heavy atom. The number of halogens is 1. The summed E-state index contributed by atoms with van der Waals surface area (Å²) in [6, 6.07) is 7.38. The van der Waals surface area contributed by atoms with Crippen LogP contribution in [0.15, 0.2) is 36.5 Å². The van der Waals surface area contributed by atoms with Gasteiger partial charge in [-0.1, -0.05) is 12.1 Å². The van der Waals surface area contributed by atoms with Gasteiger partial charge in [0.15, 0.2) is 0 Å². The lowest BCUT2D eigenvalue weighted by Crippen LogP contribution is -2.37. The van der Waals surface area contributed by atoms with E-state index in [2.05, 4.69) is 15.5 Å². The van der Waals surface area contributed by atoms with Crippen LogP contribution >= 0.6 is 0 Å². The van der Waals surface area contributed by atoms with Crippen LogP contribution in [0.1, 0.15) is 22.5 Å². The molecule has 1 aromatic heterocycles. The maximum absolute atomic E-state index is 12.9. The molecule has 1 atom stereocenters. The summed E-state index contributed by atoms with van der Waals surface area (Å²) in [4.78, 5) is 25.6. The first-order chi connectivity index (χ1) is 10.6. The predicted molar refractivity (Wildman–Crippen MR) is 76.3 cm³/mol. The fourth-order valence-corrected chi connectivity index (χ4v) is 2.48. The van der Waals surface area contributed by atoms with Gasteiger partial charge in [-0.25, -0.2) is 4.39 Å². The third-order valence-electron chi connectivity index (χ3n) is 3.58. The number of amides is 2. The Kier molecular flexibility index (Phi) is 3.86. The number of aromatic amines is 1. The van der Waals surface area contributed by atoms with E-state index in [1.807, 2.05) is 0 Å². The van der Waals surface area contributed by atoms with E-state index in [1.54, 1.807) is 23.1 Å². The molecule has 2 aromatic rings. The van der Waals surface area contributed by atoms with Crippen LogP contribution in [0.5, 0.6) is 0 Å². The largest absolute Gasteiger partial charge is 0.346 e. The maximum Gasteiger partial charge on any atom is 0.269 e. The summed E-state index contributed by atoms with van der Waals surface area (Å²) < 4.78 is 12.9. The zero-order valence-corrected chi connectivity index (χ0v) is 11.8. The minimum atomic E-state index is -0.304. The van der Waals surface area contributed by atoms with Gasteiger partial charge in [-0.15, -0.1) is 0 Å². The smallest absolute Gasteiger partial charge is 0.269 e. The molecule has 6 nitrogen and oxygen atoms in total. The summed E-state index contributed by atoms with van der Waals surface area (Å²) in [5.74, 6) is -0.612. The fraction of sp³-hybridized carbons (Fsp3) is 0.267. The van der Waals surface area contributed by atoms with E-state index in [9.17, 15) is 14.0 Å². The Bertz CT molecular complexity index is 669. The molecule has 114 valence electrons.